The SMILES string of the molecule is C=C(C)N/N=C\c1cccc([N+](=O)[O-])c1. The molecule has 0 spiro atoms. The van der Waals surface area contributed by atoms with E-state index in [2.05, 4.69) is 17.1 Å². The molecule has 5 nitrogen and oxygen atoms in total. The minimum Gasteiger partial charge on any atom is -0.284 e. The highest BCUT2D eigenvalue weighted by Gasteiger charge is 2.03. The highest BCUT2D eigenvalue weighted by Crippen LogP contribution is 2.11. The molecule has 0 fully saturated rings. The van der Waals surface area contributed by atoms with E-state index in [4.69, 9.17) is 0 Å². The number of nitro groups is 1. The lowest BCUT2D eigenvalue weighted by Gasteiger charge is -1.96. The number of allylic oxidation sites excluding steroid dienone is 1. The average molecular weight is 205 g/mol. The van der Waals surface area contributed by atoms with Crippen LogP contribution in [0.3, 0.4) is 0 Å². The molecule has 5 heteroatoms. The van der Waals surface area contributed by atoms with Crippen molar-refractivity contribution in [1.29, 1.82) is 0 Å². The molecule has 0 heterocycles. The number of hydrogen-bond donors (Lipinski definition) is 1. The maximum atomic E-state index is 10.5. The molecule has 78 valence electrons. The molecule has 0 aromatic heterocycles. The molecule has 0 aliphatic heterocycles. The van der Waals surface area contributed by atoms with Crippen LogP contribution in [0.5, 0.6) is 0 Å². The van der Waals surface area contributed by atoms with E-state index in [9.17, 15) is 10.1 Å². The molecule has 15 heavy (non-hydrogen) atoms. The normalized spacial score (nSPS) is 10.2. The van der Waals surface area contributed by atoms with Gasteiger partial charge in [0.2, 0.25) is 0 Å². The van der Waals surface area contributed by atoms with E-state index in [0.717, 1.165) is 0 Å². The van der Waals surface area contributed by atoms with Gasteiger partial charge in [-0.25, -0.2) is 0 Å². The van der Waals surface area contributed by atoms with Gasteiger partial charge in [-0.3, -0.25) is 15.5 Å². The topological polar surface area (TPSA) is 67.5 Å². The van der Waals surface area contributed by atoms with Crippen molar-refractivity contribution in [3.63, 3.8) is 0 Å². The summed E-state index contributed by atoms with van der Waals surface area (Å²) in [7, 11) is 0. The van der Waals surface area contributed by atoms with Gasteiger partial charge in [0.15, 0.2) is 0 Å². The number of non-ortho nitro benzene ring substituents is 1. The smallest absolute Gasteiger partial charge is 0.270 e. The zero-order chi connectivity index (χ0) is 11.3. The van der Waals surface area contributed by atoms with Crippen molar-refractivity contribution < 1.29 is 4.92 Å². The van der Waals surface area contributed by atoms with Crippen LogP contribution in [-0.4, -0.2) is 11.1 Å². The van der Waals surface area contributed by atoms with Crippen LogP contribution in [0.15, 0.2) is 41.6 Å². The van der Waals surface area contributed by atoms with Crippen molar-refractivity contribution in [1.82, 2.24) is 5.43 Å². The van der Waals surface area contributed by atoms with Crippen LogP contribution < -0.4 is 5.43 Å². The fraction of sp³-hybridized carbons (Fsp3) is 0.100. The van der Waals surface area contributed by atoms with Crippen molar-refractivity contribution in [3.05, 3.63) is 52.2 Å². The van der Waals surface area contributed by atoms with Gasteiger partial charge in [0, 0.05) is 23.4 Å². The van der Waals surface area contributed by atoms with Gasteiger partial charge in [0.1, 0.15) is 0 Å². The van der Waals surface area contributed by atoms with Crippen LogP contribution in [0.25, 0.3) is 0 Å². The summed E-state index contributed by atoms with van der Waals surface area (Å²) in [4.78, 5) is 10.0. The minimum atomic E-state index is -0.441. The first-order valence-electron chi connectivity index (χ1n) is 4.28. The monoisotopic (exact) mass is 205 g/mol. The summed E-state index contributed by atoms with van der Waals surface area (Å²) < 4.78 is 0. The van der Waals surface area contributed by atoms with Crippen LogP contribution in [0.1, 0.15) is 12.5 Å². The van der Waals surface area contributed by atoms with E-state index in [-0.39, 0.29) is 5.69 Å². The first-order chi connectivity index (χ1) is 7.09. The van der Waals surface area contributed by atoms with Gasteiger partial charge in [-0.15, -0.1) is 0 Å². The summed E-state index contributed by atoms with van der Waals surface area (Å²) in [5.74, 6) is 0. The molecule has 1 aromatic carbocycles. The molecule has 0 saturated carbocycles. The molecule has 0 unspecified atom stereocenters. The average Bonchev–Trinajstić information content (AvgIpc) is 2.17. The first-order valence-corrected chi connectivity index (χ1v) is 4.28. The second-order valence-corrected chi connectivity index (χ2v) is 3.00. The van der Waals surface area contributed by atoms with Crippen molar-refractivity contribution in [2.45, 2.75) is 6.92 Å². The maximum Gasteiger partial charge on any atom is 0.270 e. The standard InChI is InChI=1S/C10H11N3O2/c1-8(2)12-11-7-9-4-3-5-10(6-9)13(14)15/h3-7,12H,1H2,2H3/b11-7-. The van der Waals surface area contributed by atoms with Gasteiger partial charge in [-0.1, -0.05) is 18.7 Å². The third kappa shape index (κ3) is 3.60. The molecule has 0 aliphatic carbocycles. The lowest BCUT2D eigenvalue weighted by Crippen LogP contribution is -2.00. The summed E-state index contributed by atoms with van der Waals surface area (Å²) in [6.07, 6.45) is 1.50. The lowest BCUT2D eigenvalue weighted by atomic mass is 10.2. The summed E-state index contributed by atoms with van der Waals surface area (Å²) in [5, 5.41) is 14.3. The quantitative estimate of drug-likeness (QED) is 0.464. The summed E-state index contributed by atoms with van der Waals surface area (Å²) in [6.45, 7) is 5.37. The van der Waals surface area contributed by atoms with E-state index < -0.39 is 4.92 Å². The number of nitro benzene ring substituents is 1. The van der Waals surface area contributed by atoms with E-state index in [1.54, 1.807) is 19.1 Å². The van der Waals surface area contributed by atoms with Gasteiger partial charge in [-0.2, -0.15) is 5.10 Å². The Labute approximate surface area is 87.3 Å². The molecule has 0 saturated heterocycles. The number of nitrogens with zero attached hydrogens (tertiary/aromatic N) is 2. The molecule has 1 N–H and O–H groups in total. The third-order valence-corrected chi connectivity index (χ3v) is 1.55. The highest BCUT2D eigenvalue weighted by atomic mass is 16.6. The number of nitrogens with one attached hydrogen (secondary N) is 1. The number of hydrogen-bond acceptors (Lipinski definition) is 4. The molecule has 0 aliphatic rings. The third-order valence-electron chi connectivity index (χ3n) is 1.55. The molecular formula is C10H11N3O2. The predicted octanol–water partition coefficient (Wildman–Crippen LogP) is 2.05. The minimum absolute atomic E-state index is 0.0503. The maximum absolute atomic E-state index is 10.5. The Bertz CT molecular complexity index is 413. The van der Waals surface area contributed by atoms with Gasteiger partial charge in [-0.05, 0) is 6.92 Å². The zero-order valence-corrected chi connectivity index (χ0v) is 8.30. The molecule has 0 bridgehead atoms. The molecule has 0 atom stereocenters. The van der Waals surface area contributed by atoms with E-state index >= 15 is 0 Å². The van der Waals surface area contributed by atoms with Gasteiger partial charge >= 0.3 is 0 Å². The molecular weight excluding hydrogens is 194 g/mol. The van der Waals surface area contributed by atoms with E-state index in [1.165, 1.54) is 18.3 Å². The van der Waals surface area contributed by atoms with Crippen molar-refractivity contribution in [3.8, 4) is 0 Å². The molecule has 0 amide bonds. The zero-order valence-electron chi connectivity index (χ0n) is 8.30. The predicted molar refractivity (Wildman–Crippen MR) is 58.6 cm³/mol. The van der Waals surface area contributed by atoms with Gasteiger partial charge < -0.3 is 0 Å². The highest BCUT2D eigenvalue weighted by molar-refractivity contribution is 5.80. The Morgan fingerprint density at radius 1 is 1.67 bits per heavy atom. The molecule has 1 rings (SSSR count). The summed E-state index contributed by atoms with van der Waals surface area (Å²) >= 11 is 0. The Hall–Kier alpha value is -2.17. The van der Waals surface area contributed by atoms with Crippen LogP contribution in [0.2, 0.25) is 0 Å². The van der Waals surface area contributed by atoms with Crippen molar-refractivity contribution in [2.24, 2.45) is 5.10 Å². The Morgan fingerprint density at radius 3 is 3.00 bits per heavy atom. The van der Waals surface area contributed by atoms with Gasteiger partial charge in [0.25, 0.3) is 5.69 Å². The van der Waals surface area contributed by atoms with Crippen LogP contribution >= 0.6 is 0 Å². The lowest BCUT2D eigenvalue weighted by molar-refractivity contribution is -0.384. The van der Waals surface area contributed by atoms with Crippen LogP contribution in [-0.2, 0) is 0 Å². The fourth-order valence-electron chi connectivity index (χ4n) is 0.936. The molecule has 0 radical (unpaired) electrons. The van der Waals surface area contributed by atoms with Crippen LogP contribution in [0, 0.1) is 10.1 Å². The van der Waals surface area contributed by atoms with Gasteiger partial charge in [0.05, 0.1) is 11.1 Å². The number of hydrazone groups is 1. The largest absolute Gasteiger partial charge is 0.284 e. The first kappa shape index (κ1) is 10.9. The molecule has 1 aromatic rings. The summed E-state index contributed by atoms with van der Waals surface area (Å²) in [5.41, 5.74) is 4.07. The van der Waals surface area contributed by atoms with E-state index in [1.807, 2.05) is 0 Å². The number of benzene rings is 1. The second kappa shape index (κ2) is 4.90. The van der Waals surface area contributed by atoms with Crippen molar-refractivity contribution >= 4 is 11.9 Å². The second-order valence-electron chi connectivity index (χ2n) is 3.00. The van der Waals surface area contributed by atoms with Crippen LogP contribution in [0.4, 0.5) is 5.69 Å². The van der Waals surface area contributed by atoms with Crippen molar-refractivity contribution in [2.75, 3.05) is 0 Å². The Balaban J connectivity index is 2.78. The summed E-state index contributed by atoms with van der Waals surface area (Å²) in [6, 6.07) is 6.23. The fourth-order valence-corrected chi connectivity index (χ4v) is 0.936. The Kier molecular flexibility index (Phi) is 3.56. The Morgan fingerprint density at radius 2 is 2.40 bits per heavy atom. The van der Waals surface area contributed by atoms with E-state index in [0.29, 0.717) is 11.3 Å². The number of rotatable bonds is 4.